The van der Waals surface area contributed by atoms with E-state index in [1.807, 2.05) is 20.8 Å². The molecule has 1 heterocycles. The van der Waals surface area contributed by atoms with Gasteiger partial charge in [-0.15, -0.1) is 0 Å². The Morgan fingerprint density at radius 3 is 2.68 bits per heavy atom. The number of rotatable bonds is 7. The molecule has 2 atom stereocenters. The van der Waals surface area contributed by atoms with Crippen LogP contribution in [0.4, 0.5) is 0 Å². The summed E-state index contributed by atoms with van der Waals surface area (Å²) in [6.07, 6.45) is 1.13. The lowest BCUT2D eigenvalue weighted by molar-refractivity contribution is -0.149. The Bertz CT molecular complexity index is 296. The van der Waals surface area contributed by atoms with Gasteiger partial charge in [-0.1, -0.05) is 0 Å². The predicted molar refractivity (Wildman–Crippen MR) is 75.1 cm³/mol. The minimum absolute atomic E-state index is 0.198. The molecule has 0 aromatic heterocycles. The first-order valence-electron chi connectivity index (χ1n) is 6.98. The van der Waals surface area contributed by atoms with E-state index in [1.165, 1.54) is 7.11 Å². The van der Waals surface area contributed by atoms with Crippen molar-refractivity contribution < 1.29 is 14.3 Å². The van der Waals surface area contributed by atoms with Crippen LogP contribution >= 0.6 is 0 Å². The molecule has 5 nitrogen and oxygen atoms in total. The maximum atomic E-state index is 12.0. The summed E-state index contributed by atoms with van der Waals surface area (Å²) >= 11 is 0. The van der Waals surface area contributed by atoms with Gasteiger partial charge in [-0.05, 0) is 39.7 Å². The first-order chi connectivity index (χ1) is 8.91. The minimum atomic E-state index is -0.648. The van der Waals surface area contributed by atoms with Gasteiger partial charge in [0.2, 0.25) is 0 Å². The van der Waals surface area contributed by atoms with Crippen molar-refractivity contribution in [2.24, 2.45) is 5.92 Å². The molecule has 0 spiro atoms. The topological polar surface area (TPSA) is 50.8 Å². The molecule has 5 heteroatoms. The number of likely N-dealkylation sites (tertiary alicyclic amines) is 1. The molecule has 1 aliphatic rings. The Balaban J connectivity index is 2.61. The second-order valence-electron chi connectivity index (χ2n) is 5.97. The van der Waals surface area contributed by atoms with Gasteiger partial charge in [0.15, 0.2) is 0 Å². The molecule has 0 aromatic rings. The summed E-state index contributed by atoms with van der Waals surface area (Å²) in [6, 6.07) is 0.237. The number of esters is 1. The average molecular weight is 272 g/mol. The van der Waals surface area contributed by atoms with Crippen molar-refractivity contribution in [3.8, 4) is 0 Å². The molecule has 1 saturated heterocycles. The molecule has 1 fully saturated rings. The maximum absolute atomic E-state index is 12.0. The van der Waals surface area contributed by atoms with Crippen LogP contribution in [-0.2, 0) is 14.3 Å². The summed E-state index contributed by atoms with van der Waals surface area (Å²) in [5.41, 5.74) is -0.648. The van der Waals surface area contributed by atoms with Crippen molar-refractivity contribution in [1.82, 2.24) is 10.2 Å². The van der Waals surface area contributed by atoms with Crippen molar-refractivity contribution in [3.63, 3.8) is 0 Å². The Kier molecular flexibility index (Phi) is 6.23. The van der Waals surface area contributed by atoms with Gasteiger partial charge in [0, 0.05) is 26.2 Å². The van der Waals surface area contributed by atoms with E-state index in [0.717, 1.165) is 26.1 Å². The second kappa shape index (κ2) is 7.22. The summed E-state index contributed by atoms with van der Waals surface area (Å²) < 4.78 is 10.2. The van der Waals surface area contributed by atoms with E-state index >= 15 is 0 Å². The van der Waals surface area contributed by atoms with Gasteiger partial charge in [0.25, 0.3) is 0 Å². The second-order valence-corrected chi connectivity index (χ2v) is 5.97. The van der Waals surface area contributed by atoms with Gasteiger partial charge < -0.3 is 14.4 Å². The highest BCUT2D eigenvalue weighted by Crippen LogP contribution is 2.20. The number of ether oxygens (including phenoxy) is 2. The number of nitrogens with zero attached hydrogens (tertiary/aromatic N) is 1. The number of carbonyl (C=O) groups excluding carboxylic acids is 1. The molecule has 0 amide bonds. The third-order valence-corrected chi connectivity index (χ3v) is 3.56. The molecule has 112 valence electrons. The summed E-state index contributed by atoms with van der Waals surface area (Å²) in [6.45, 7) is 9.47. The van der Waals surface area contributed by atoms with Crippen LogP contribution < -0.4 is 5.32 Å². The zero-order valence-corrected chi connectivity index (χ0v) is 12.9. The standard InChI is InChI=1S/C14H28N2O3/c1-11(2)15-14(3,13(17)19-5)10-16-7-6-12(8-16)9-18-4/h11-12,15H,6-10H2,1-5H3. The fourth-order valence-corrected chi connectivity index (χ4v) is 2.91. The number of carbonyl (C=O) groups is 1. The van der Waals surface area contributed by atoms with Crippen molar-refractivity contribution in [2.75, 3.05) is 40.5 Å². The third-order valence-electron chi connectivity index (χ3n) is 3.56. The number of nitrogens with one attached hydrogen (secondary N) is 1. The fourth-order valence-electron chi connectivity index (χ4n) is 2.91. The van der Waals surface area contributed by atoms with E-state index in [9.17, 15) is 4.79 Å². The minimum Gasteiger partial charge on any atom is -0.468 e. The van der Waals surface area contributed by atoms with E-state index in [1.54, 1.807) is 7.11 Å². The normalized spacial score (nSPS) is 23.6. The van der Waals surface area contributed by atoms with Gasteiger partial charge in [0.05, 0.1) is 13.7 Å². The van der Waals surface area contributed by atoms with Crippen LogP contribution in [0.5, 0.6) is 0 Å². The Morgan fingerprint density at radius 1 is 1.47 bits per heavy atom. The number of hydrogen-bond acceptors (Lipinski definition) is 5. The summed E-state index contributed by atoms with van der Waals surface area (Å²) in [5, 5.41) is 3.33. The molecule has 1 rings (SSSR count). The Morgan fingerprint density at radius 2 is 2.16 bits per heavy atom. The summed E-state index contributed by atoms with van der Waals surface area (Å²) in [5.74, 6) is 0.377. The van der Waals surface area contributed by atoms with Gasteiger partial charge in [-0.3, -0.25) is 10.1 Å². The molecule has 19 heavy (non-hydrogen) atoms. The van der Waals surface area contributed by atoms with Crippen LogP contribution in [0.2, 0.25) is 0 Å². The lowest BCUT2D eigenvalue weighted by Crippen LogP contribution is -2.59. The molecule has 0 aromatic carbocycles. The van der Waals surface area contributed by atoms with Crippen LogP contribution in [-0.4, -0.2) is 62.9 Å². The van der Waals surface area contributed by atoms with E-state index in [-0.39, 0.29) is 12.0 Å². The van der Waals surface area contributed by atoms with E-state index in [0.29, 0.717) is 12.5 Å². The monoisotopic (exact) mass is 272 g/mol. The summed E-state index contributed by atoms with van der Waals surface area (Å²) in [4.78, 5) is 14.3. The zero-order valence-electron chi connectivity index (χ0n) is 12.9. The Hall–Kier alpha value is -0.650. The molecule has 0 bridgehead atoms. The lowest BCUT2D eigenvalue weighted by Gasteiger charge is -2.34. The maximum Gasteiger partial charge on any atom is 0.327 e. The first kappa shape index (κ1) is 16.4. The quantitative estimate of drug-likeness (QED) is 0.697. The summed E-state index contributed by atoms with van der Waals surface area (Å²) in [7, 11) is 3.18. The van der Waals surface area contributed by atoms with Crippen LogP contribution in [0.15, 0.2) is 0 Å². The first-order valence-corrected chi connectivity index (χ1v) is 6.98. The predicted octanol–water partition coefficient (Wildman–Crippen LogP) is 0.884. The van der Waals surface area contributed by atoms with Crippen LogP contribution in [0, 0.1) is 5.92 Å². The SMILES string of the molecule is COCC1CCN(CC(C)(NC(C)C)C(=O)OC)C1. The van der Waals surface area contributed by atoms with E-state index < -0.39 is 5.54 Å². The highest BCUT2D eigenvalue weighted by atomic mass is 16.5. The molecule has 0 aliphatic carbocycles. The van der Waals surface area contributed by atoms with Crippen LogP contribution in [0.1, 0.15) is 27.2 Å². The largest absolute Gasteiger partial charge is 0.468 e. The smallest absolute Gasteiger partial charge is 0.327 e. The number of methoxy groups -OCH3 is 2. The molecule has 0 radical (unpaired) electrons. The molecular weight excluding hydrogens is 244 g/mol. The van der Waals surface area contributed by atoms with Crippen LogP contribution in [0.25, 0.3) is 0 Å². The lowest BCUT2D eigenvalue weighted by atomic mass is 10.0. The van der Waals surface area contributed by atoms with Gasteiger partial charge in [-0.25, -0.2) is 0 Å². The zero-order chi connectivity index (χ0) is 14.5. The molecule has 1 aliphatic heterocycles. The van der Waals surface area contributed by atoms with Crippen molar-refractivity contribution >= 4 is 5.97 Å². The van der Waals surface area contributed by atoms with Crippen molar-refractivity contribution in [3.05, 3.63) is 0 Å². The van der Waals surface area contributed by atoms with E-state index in [2.05, 4.69) is 10.2 Å². The van der Waals surface area contributed by atoms with Crippen molar-refractivity contribution in [2.45, 2.75) is 38.8 Å². The Labute approximate surface area is 116 Å². The molecule has 0 saturated carbocycles. The molecular formula is C14H28N2O3. The van der Waals surface area contributed by atoms with Crippen molar-refractivity contribution in [1.29, 1.82) is 0 Å². The number of hydrogen-bond donors (Lipinski definition) is 1. The van der Waals surface area contributed by atoms with Gasteiger partial charge in [0.1, 0.15) is 5.54 Å². The van der Waals surface area contributed by atoms with E-state index in [4.69, 9.17) is 9.47 Å². The highest BCUT2D eigenvalue weighted by Gasteiger charge is 2.38. The van der Waals surface area contributed by atoms with Crippen LogP contribution in [0.3, 0.4) is 0 Å². The molecule has 1 N–H and O–H groups in total. The highest BCUT2D eigenvalue weighted by molar-refractivity contribution is 5.80. The van der Waals surface area contributed by atoms with Gasteiger partial charge in [-0.2, -0.15) is 0 Å². The average Bonchev–Trinajstić information content (AvgIpc) is 2.74. The fraction of sp³-hybridized carbons (Fsp3) is 0.929. The molecule has 2 unspecified atom stereocenters. The third kappa shape index (κ3) is 4.75. The van der Waals surface area contributed by atoms with Gasteiger partial charge >= 0.3 is 5.97 Å².